The van der Waals surface area contributed by atoms with E-state index in [1.807, 2.05) is 48.5 Å². The SMILES string of the molecule is COc1ccc(C=C2CC(C)Cc3c2nc2ccccc2c3C(=O)OCC(=O)c2ccc(F)cc2)cc1. The Hall–Kier alpha value is -4.32. The van der Waals surface area contributed by atoms with Crippen LogP contribution < -0.4 is 4.74 Å². The van der Waals surface area contributed by atoms with Crippen molar-refractivity contribution in [1.82, 2.24) is 4.98 Å². The Balaban J connectivity index is 1.53. The minimum atomic E-state index is -0.566. The fourth-order valence-corrected chi connectivity index (χ4v) is 4.79. The number of benzene rings is 3. The van der Waals surface area contributed by atoms with Crippen LogP contribution in [0.2, 0.25) is 0 Å². The molecule has 5 rings (SSSR count). The number of para-hydroxylation sites is 1. The first kappa shape index (κ1) is 24.4. The van der Waals surface area contributed by atoms with E-state index in [-0.39, 0.29) is 11.5 Å². The zero-order valence-electron chi connectivity index (χ0n) is 20.7. The number of hydrogen-bond donors (Lipinski definition) is 0. The number of nitrogens with zero attached hydrogens (tertiary/aromatic N) is 1. The molecule has 0 saturated carbocycles. The highest BCUT2D eigenvalue weighted by Crippen LogP contribution is 2.39. The third kappa shape index (κ3) is 5.14. The van der Waals surface area contributed by atoms with Crippen molar-refractivity contribution >= 4 is 34.3 Å². The van der Waals surface area contributed by atoms with Gasteiger partial charge in [0.05, 0.1) is 23.9 Å². The summed E-state index contributed by atoms with van der Waals surface area (Å²) in [5.74, 6) is -0.329. The minimum absolute atomic E-state index is 0.285. The van der Waals surface area contributed by atoms with Gasteiger partial charge in [-0.15, -0.1) is 0 Å². The molecule has 1 atom stereocenters. The number of carbonyl (C=O) groups excluding carboxylic acids is 2. The summed E-state index contributed by atoms with van der Waals surface area (Å²) in [6, 6.07) is 20.4. The van der Waals surface area contributed by atoms with E-state index in [2.05, 4.69) is 13.0 Å². The maximum atomic E-state index is 13.5. The maximum Gasteiger partial charge on any atom is 0.339 e. The van der Waals surface area contributed by atoms with Gasteiger partial charge >= 0.3 is 5.97 Å². The molecule has 0 N–H and O–H groups in total. The van der Waals surface area contributed by atoms with Crippen molar-refractivity contribution in [2.45, 2.75) is 19.8 Å². The standard InChI is InChI=1S/C31H26FNO4/c1-19-15-22(17-20-7-13-24(36-2)14-8-20)30-26(16-19)29(25-5-3-4-6-27(25)33-30)31(35)37-18-28(34)21-9-11-23(32)12-10-21/h3-14,17,19H,15-16,18H2,1-2H3. The van der Waals surface area contributed by atoms with Crippen LogP contribution in [0.25, 0.3) is 22.6 Å². The molecule has 1 aliphatic rings. The predicted molar refractivity (Wildman–Crippen MR) is 141 cm³/mol. The van der Waals surface area contributed by atoms with E-state index in [0.717, 1.165) is 34.6 Å². The zero-order valence-corrected chi connectivity index (χ0v) is 20.7. The fourth-order valence-electron chi connectivity index (χ4n) is 4.79. The lowest BCUT2D eigenvalue weighted by Crippen LogP contribution is -2.21. The van der Waals surface area contributed by atoms with Crippen LogP contribution in [0.5, 0.6) is 5.75 Å². The lowest BCUT2D eigenvalue weighted by atomic mass is 9.80. The Labute approximate surface area is 214 Å². The lowest BCUT2D eigenvalue weighted by Gasteiger charge is -2.26. The van der Waals surface area contributed by atoms with Gasteiger partial charge < -0.3 is 9.47 Å². The van der Waals surface area contributed by atoms with Gasteiger partial charge in [0.2, 0.25) is 0 Å². The quantitative estimate of drug-likeness (QED) is 0.224. The summed E-state index contributed by atoms with van der Waals surface area (Å²) in [5, 5.41) is 0.693. The van der Waals surface area contributed by atoms with Gasteiger partial charge in [-0.1, -0.05) is 37.3 Å². The number of halogens is 1. The number of allylic oxidation sites excluding steroid dienone is 1. The molecule has 1 aromatic heterocycles. The Morgan fingerprint density at radius 2 is 1.73 bits per heavy atom. The average molecular weight is 496 g/mol. The highest BCUT2D eigenvalue weighted by Gasteiger charge is 2.29. The monoisotopic (exact) mass is 495 g/mol. The van der Waals surface area contributed by atoms with Crippen molar-refractivity contribution in [2.24, 2.45) is 5.92 Å². The number of ether oxygens (including phenoxy) is 2. The molecule has 0 fully saturated rings. The second kappa shape index (κ2) is 10.3. The molecule has 0 saturated heterocycles. The normalized spacial score (nSPS) is 15.9. The van der Waals surface area contributed by atoms with E-state index < -0.39 is 24.2 Å². The number of pyridine rings is 1. The van der Waals surface area contributed by atoms with Crippen LogP contribution in [0.1, 0.15) is 50.9 Å². The van der Waals surface area contributed by atoms with Crippen LogP contribution in [0.15, 0.2) is 72.8 Å². The highest BCUT2D eigenvalue weighted by molar-refractivity contribution is 6.08. The third-order valence-electron chi connectivity index (χ3n) is 6.58. The van der Waals surface area contributed by atoms with Crippen LogP contribution in [-0.2, 0) is 11.2 Å². The van der Waals surface area contributed by atoms with Gasteiger partial charge in [0, 0.05) is 10.9 Å². The minimum Gasteiger partial charge on any atom is -0.497 e. The molecular formula is C31H26FNO4. The summed E-state index contributed by atoms with van der Waals surface area (Å²) in [6.07, 6.45) is 3.59. The highest BCUT2D eigenvalue weighted by atomic mass is 19.1. The first-order valence-corrected chi connectivity index (χ1v) is 12.2. The first-order valence-electron chi connectivity index (χ1n) is 12.2. The molecule has 0 radical (unpaired) electrons. The van der Waals surface area contributed by atoms with Gasteiger partial charge in [0.25, 0.3) is 0 Å². The number of aromatic nitrogens is 1. The molecule has 186 valence electrons. The molecule has 4 aromatic rings. The maximum absolute atomic E-state index is 13.5. The van der Waals surface area contributed by atoms with E-state index in [0.29, 0.717) is 22.9 Å². The van der Waals surface area contributed by atoms with Crippen LogP contribution in [0.4, 0.5) is 4.39 Å². The van der Waals surface area contributed by atoms with Crippen LogP contribution in [0, 0.1) is 11.7 Å². The first-order chi connectivity index (χ1) is 17.9. The Morgan fingerprint density at radius 3 is 2.46 bits per heavy atom. The number of carbonyl (C=O) groups is 2. The second-order valence-electron chi connectivity index (χ2n) is 9.29. The molecule has 0 bridgehead atoms. The molecular weight excluding hydrogens is 469 g/mol. The average Bonchev–Trinajstić information content (AvgIpc) is 2.91. The van der Waals surface area contributed by atoms with E-state index in [1.54, 1.807) is 7.11 Å². The molecule has 1 unspecified atom stereocenters. The van der Waals surface area contributed by atoms with Crippen molar-refractivity contribution in [3.63, 3.8) is 0 Å². The van der Waals surface area contributed by atoms with Crippen molar-refractivity contribution in [2.75, 3.05) is 13.7 Å². The summed E-state index contributed by atoms with van der Waals surface area (Å²) >= 11 is 0. The molecule has 0 spiro atoms. The number of hydrogen-bond acceptors (Lipinski definition) is 5. The number of methoxy groups -OCH3 is 1. The Bertz CT molecular complexity index is 1510. The third-order valence-corrected chi connectivity index (χ3v) is 6.58. The molecule has 0 aliphatic heterocycles. The van der Waals surface area contributed by atoms with Crippen molar-refractivity contribution in [3.8, 4) is 5.75 Å². The Morgan fingerprint density at radius 1 is 1.00 bits per heavy atom. The summed E-state index contributed by atoms with van der Waals surface area (Å²) < 4.78 is 24.0. The van der Waals surface area contributed by atoms with Crippen molar-refractivity contribution in [1.29, 1.82) is 0 Å². The summed E-state index contributed by atoms with van der Waals surface area (Å²) in [7, 11) is 1.63. The predicted octanol–water partition coefficient (Wildman–Crippen LogP) is 6.55. The number of esters is 1. The number of ketones is 1. The summed E-state index contributed by atoms with van der Waals surface area (Å²) in [6.45, 7) is 1.72. The lowest BCUT2D eigenvalue weighted by molar-refractivity contribution is 0.0475. The molecule has 6 heteroatoms. The van der Waals surface area contributed by atoms with Gasteiger partial charge in [-0.3, -0.25) is 4.79 Å². The number of Topliss-reactive ketones (excluding diaryl/α,β-unsaturated/α-hetero) is 1. The number of fused-ring (bicyclic) bond motifs is 2. The molecule has 1 aliphatic carbocycles. The van der Waals surface area contributed by atoms with Crippen molar-refractivity contribution < 1.29 is 23.5 Å². The molecule has 5 nitrogen and oxygen atoms in total. The van der Waals surface area contributed by atoms with Gasteiger partial charge in [-0.25, -0.2) is 14.2 Å². The molecule has 3 aromatic carbocycles. The molecule has 0 amide bonds. The van der Waals surface area contributed by atoms with Gasteiger partial charge in [-0.05, 0) is 84.0 Å². The van der Waals surface area contributed by atoms with Crippen molar-refractivity contribution in [3.05, 3.63) is 107 Å². The number of rotatable bonds is 6. The van der Waals surface area contributed by atoms with E-state index in [4.69, 9.17) is 14.5 Å². The topological polar surface area (TPSA) is 65.5 Å². The van der Waals surface area contributed by atoms with E-state index >= 15 is 0 Å². The van der Waals surface area contributed by atoms with Crippen LogP contribution >= 0.6 is 0 Å². The smallest absolute Gasteiger partial charge is 0.339 e. The summed E-state index contributed by atoms with van der Waals surface area (Å²) in [4.78, 5) is 31.0. The van der Waals surface area contributed by atoms with Gasteiger partial charge in [0.15, 0.2) is 12.4 Å². The van der Waals surface area contributed by atoms with E-state index in [1.165, 1.54) is 24.3 Å². The zero-order chi connectivity index (χ0) is 25.9. The largest absolute Gasteiger partial charge is 0.497 e. The fraction of sp³-hybridized carbons (Fsp3) is 0.194. The second-order valence-corrected chi connectivity index (χ2v) is 9.29. The summed E-state index contributed by atoms with van der Waals surface area (Å²) in [5.41, 5.74) is 5.09. The Kier molecular flexibility index (Phi) is 6.82. The van der Waals surface area contributed by atoms with Gasteiger partial charge in [-0.2, -0.15) is 0 Å². The van der Waals surface area contributed by atoms with Crippen LogP contribution in [-0.4, -0.2) is 30.5 Å². The van der Waals surface area contributed by atoms with Gasteiger partial charge in [0.1, 0.15) is 11.6 Å². The van der Waals surface area contributed by atoms with Crippen LogP contribution in [0.3, 0.4) is 0 Å². The van der Waals surface area contributed by atoms with E-state index in [9.17, 15) is 14.0 Å². The molecule has 1 heterocycles. The molecule has 37 heavy (non-hydrogen) atoms.